The van der Waals surface area contributed by atoms with E-state index in [1.165, 1.54) is 36.4 Å². The highest BCUT2D eigenvalue weighted by atomic mass is 32.2. The van der Waals surface area contributed by atoms with Gasteiger partial charge in [0.2, 0.25) is 5.91 Å². The molecule has 0 aliphatic rings. The standard InChI is InChI=1S/C28H28F3N5O8S/c1-4-5-6-11-26(37)34-45(41,42)25-10-8-7-9-22(25)33-27(38)18-12-14-20(23(16-18)35(39)43-2)32-21-15-13-19(28(29,30)31)17-24(21)36(40)44-3/h7-10,12-17H,4-6,11H2,1-3H3,(H-2,32,33,34,37,38,39,40)/p+2. The Hall–Kier alpha value is -5.06. The van der Waals surface area contributed by atoms with Gasteiger partial charge in [0.15, 0.2) is 14.2 Å². The van der Waals surface area contributed by atoms with E-state index in [-0.39, 0.29) is 49.5 Å². The van der Waals surface area contributed by atoms with Crippen LogP contribution in [0.3, 0.4) is 0 Å². The number of hydrogen-bond donors (Lipinski definition) is 3. The molecule has 45 heavy (non-hydrogen) atoms. The lowest BCUT2D eigenvalue weighted by molar-refractivity contribution is -0.736. The molecule has 0 aliphatic carbocycles. The first kappa shape index (κ1) is 34.4. The Bertz CT molecular complexity index is 1710. The van der Waals surface area contributed by atoms with Crippen molar-refractivity contribution < 1.29 is 50.7 Å². The number of carbonyl (C=O) groups excluding carboxylic acids is 2. The van der Waals surface area contributed by atoms with Crippen molar-refractivity contribution in [2.75, 3.05) is 24.9 Å². The van der Waals surface area contributed by atoms with Gasteiger partial charge in [-0.15, -0.1) is 0 Å². The van der Waals surface area contributed by atoms with Crippen molar-refractivity contribution in [2.24, 2.45) is 0 Å². The number of rotatable bonds is 14. The van der Waals surface area contributed by atoms with Crippen LogP contribution in [0.15, 0.2) is 65.6 Å². The lowest BCUT2D eigenvalue weighted by Gasteiger charge is -2.13. The van der Waals surface area contributed by atoms with Crippen molar-refractivity contribution in [3.63, 3.8) is 0 Å². The van der Waals surface area contributed by atoms with Crippen LogP contribution in [0.25, 0.3) is 0 Å². The summed E-state index contributed by atoms with van der Waals surface area (Å²) >= 11 is 0. The summed E-state index contributed by atoms with van der Waals surface area (Å²) in [6, 6.07) is 11.1. The molecule has 240 valence electrons. The fraction of sp³-hybridized carbons (Fsp3) is 0.286. The number of halogens is 3. The monoisotopic (exact) mass is 653 g/mol. The lowest BCUT2D eigenvalue weighted by Crippen LogP contribution is -2.31. The predicted octanol–water partition coefficient (Wildman–Crippen LogP) is 6.03. The third kappa shape index (κ3) is 8.75. The average Bonchev–Trinajstić information content (AvgIpc) is 3.00. The van der Waals surface area contributed by atoms with E-state index in [4.69, 9.17) is 4.84 Å². The molecule has 0 atom stereocenters. The SMILES string of the molecule is CCCCCC(=O)NS(=O)(=O)c1ccccc1NC(=O)c1ccc(Nc2ccc(C(F)(F)F)cc2[N+](=O)OC)c([N+](=O)OC)c1. The molecular formula is C28H30F3N5O8S+2. The number of amides is 2. The number of nitrogens with one attached hydrogen (secondary N) is 3. The molecule has 0 saturated heterocycles. The highest BCUT2D eigenvalue weighted by molar-refractivity contribution is 7.90. The first-order valence-corrected chi connectivity index (χ1v) is 14.8. The summed E-state index contributed by atoms with van der Waals surface area (Å²) in [5, 5.41) is 5.11. The van der Waals surface area contributed by atoms with Crippen LogP contribution in [-0.2, 0) is 30.7 Å². The maximum atomic E-state index is 13.3. The molecule has 3 aromatic carbocycles. The molecule has 0 unspecified atom stereocenters. The number of benzene rings is 3. The number of unbranched alkanes of at least 4 members (excludes halogenated alkanes) is 2. The van der Waals surface area contributed by atoms with Crippen molar-refractivity contribution in [1.29, 1.82) is 0 Å². The quantitative estimate of drug-likeness (QED) is 0.139. The molecule has 3 N–H and O–H groups in total. The van der Waals surface area contributed by atoms with Crippen LogP contribution in [0.1, 0.15) is 48.5 Å². The lowest BCUT2D eigenvalue weighted by atomic mass is 10.1. The number of sulfonamides is 1. The van der Waals surface area contributed by atoms with Gasteiger partial charge in [0.25, 0.3) is 25.8 Å². The molecule has 13 nitrogen and oxygen atoms in total. The summed E-state index contributed by atoms with van der Waals surface area (Å²) in [6.07, 6.45) is -2.67. The number of hydrogen-bond acceptors (Lipinski definition) is 9. The number of alkyl halides is 3. The molecule has 3 rings (SSSR count). The Morgan fingerprint density at radius 2 is 1.44 bits per heavy atom. The number of anilines is 3. The van der Waals surface area contributed by atoms with Crippen LogP contribution in [0.2, 0.25) is 0 Å². The van der Waals surface area contributed by atoms with Crippen LogP contribution < -0.4 is 15.4 Å². The smallest absolute Gasteiger partial charge is 0.344 e. The van der Waals surface area contributed by atoms with Crippen molar-refractivity contribution in [3.8, 4) is 0 Å². The van der Waals surface area contributed by atoms with Gasteiger partial charge >= 0.3 is 17.6 Å². The van der Waals surface area contributed by atoms with Crippen LogP contribution in [-0.4, -0.2) is 44.3 Å². The first-order chi connectivity index (χ1) is 21.2. The fourth-order valence-electron chi connectivity index (χ4n) is 4.03. The summed E-state index contributed by atoms with van der Waals surface area (Å²) in [5.41, 5.74) is -2.60. The Labute approximate surface area is 255 Å². The van der Waals surface area contributed by atoms with E-state index >= 15 is 0 Å². The normalized spacial score (nSPS) is 11.3. The van der Waals surface area contributed by atoms with E-state index in [1.807, 2.05) is 11.6 Å². The second-order valence-electron chi connectivity index (χ2n) is 9.40. The van der Waals surface area contributed by atoms with Crippen molar-refractivity contribution in [3.05, 3.63) is 81.6 Å². The van der Waals surface area contributed by atoms with Crippen molar-refractivity contribution in [1.82, 2.24) is 4.72 Å². The van der Waals surface area contributed by atoms with Gasteiger partial charge in [0.05, 0.1) is 21.1 Å². The zero-order chi connectivity index (χ0) is 33.4. The molecule has 0 aromatic heterocycles. The summed E-state index contributed by atoms with van der Waals surface area (Å²) in [6.45, 7) is 1.93. The zero-order valence-corrected chi connectivity index (χ0v) is 25.1. The third-order valence-corrected chi connectivity index (χ3v) is 7.69. The van der Waals surface area contributed by atoms with Crippen LogP contribution in [0.4, 0.5) is 41.6 Å². The molecule has 2 amide bonds. The molecule has 0 radical (unpaired) electrons. The summed E-state index contributed by atoms with van der Waals surface area (Å²) in [7, 11) is -2.39. The van der Waals surface area contributed by atoms with Gasteiger partial charge in [-0.2, -0.15) is 13.2 Å². The maximum Gasteiger partial charge on any atom is 0.416 e. The van der Waals surface area contributed by atoms with E-state index in [2.05, 4.69) is 15.5 Å². The minimum absolute atomic E-state index is 0.000629. The van der Waals surface area contributed by atoms with Gasteiger partial charge in [-0.25, -0.2) is 22.8 Å². The topological polar surface area (TPSA) is 163 Å². The van der Waals surface area contributed by atoms with Crippen LogP contribution in [0.5, 0.6) is 0 Å². The van der Waals surface area contributed by atoms with Crippen molar-refractivity contribution >= 4 is 50.3 Å². The molecular weight excluding hydrogens is 623 g/mol. The van der Waals surface area contributed by atoms with Gasteiger partial charge < -0.3 is 10.6 Å². The molecule has 0 saturated carbocycles. The highest BCUT2D eigenvalue weighted by Crippen LogP contribution is 2.38. The van der Waals surface area contributed by atoms with E-state index in [0.717, 1.165) is 39.2 Å². The van der Waals surface area contributed by atoms with E-state index in [0.29, 0.717) is 18.6 Å². The molecule has 0 aliphatic heterocycles. The minimum atomic E-state index is -4.76. The van der Waals surface area contributed by atoms with Gasteiger partial charge in [0.1, 0.15) is 16.3 Å². The number of para-hydroxylation sites is 1. The van der Waals surface area contributed by atoms with E-state index in [1.54, 1.807) is 0 Å². The molecule has 0 bridgehead atoms. The Kier molecular flexibility index (Phi) is 11.2. The molecule has 0 fully saturated rings. The van der Waals surface area contributed by atoms with Gasteiger partial charge in [-0.05, 0) is 42.8 Å². The van der Waals surface area contributed by atoms with Gasteiger partial charge in [0, 0.05) is 24.1 Å². The highest BCUT2D eigenvalue weighted by Gasteiger charge is 2.35. The average molecular weight is 654 g/mol. The zero-order valence-electron chi connectivity index (χ0n) is 24.3. The Morgan fingerprint density at radius 3 is 2.04 bits per heavy atom. The summed E-state index contributed by atoms with van der Waals surface area (Å²) in [5.74, 6) is -1.56. The molecule has 3 aromatic rings. The predicted molar refractivity (Wildman–Crippen MR) is 156 cm³/mol. The number of nitrogens with zero attached hydrogens (tertiary/aromatic N) is 2. The first-order valence-electron chi connectivity index (χ1n) is 13.3. The van der Waals surface area contributed by atoms with Gasteiger partial charge in [-0.1, -0.05) is 31.9 Å². The second-order valence-corrected chi connectivity index (χ2v) is 11.1. The Balaban J connectivity index is 1.93. The van der Waals surface area contributed by atoms with E-state index in [9.17, 15) is 41.0 Å². The number of carbonyl (C=O) groups is 2. The van der Waals surface area contributed by atoms with Gasteiger partial charge in [-0.3, -0.25) is 9.59 Å². The van der Waals surface area contributed by atoms with Crippen LogP contribution >= 0.6 is 0 Å². The largest absolute Gasteiger partial charge is 0.416 e. The minimum Gasteiger partial charge on any atom is -0.344 e. The van der Waals surface area contributed by atoms with Crippen LogP contribution in [0, 0.1) is 9.81 Å². The fourth-order valence-corrected chi connectivity index (χ4v) is 5.20. The summed E-state index contributed by atoms with van der Waals surface area (Å²) < 4.78 is 67.6. The third-order valence-electron chi connectivity index (χ3n) is 6.26. The molecule has 0 spiro atoms. The van der Waals surface area contributed by atoms with Crippen molar-refractivity contribution in [2.45, 2.75) is 43.7 Å². The maximum absolute atomic E-state index is 13.3. The summed E-state index contributed by atoms with van der Waals surface area (Å²) in [4.78, 5) is 58.8. The van der Waals surface area contributed by atoms with E-state index < -0.39 is 39.3 Å². The Morgan fingerprint density at radius 1 is 0.844 bits per heavy atom. The second kappa shape index (κ2) is 14.6. The molecule has 0 heterocycles. The molecule has 17 heteroatoms.